The van der Waals surface area contributed by atoms with Crippen molar-refractivity contribution in [2.45, 2.75) is 88.8 Å². The lowest BCUT2D eigenvalue weighted by atomic mass is 9.79. The predicted octanol–water partition coefficient (Wildman–Crippen LogP) is 5.06. The molecule has 8 nitrogen and oxygen atoms in total. The Morgan fingerprint density at radius 1 is 1.24 bits per heavy atom. The molecule has 4 rings (SSSR count). The number of nitriles is 1. The third kappa shape index (κ3) is 5.80. The number of anilines is 1. The van der Waals surface area contributed by atoms with Crippen molar-refractivity contribution in [1.82, 2.24) is 9.97 Å². The van der Waals surface area contributed by atoms with Crippen molar-refractivity contribution in [3.8, 4) is 6.07 Å². The van der Waals surface area contributed by atoms with Crippen LogP contribution in [0.5, 0.6) is 0 Å². The van der Waals surface area contributed by atoms with E-state index in [0.29, 0.717) is 18.5 Å². The summed E-state index contributed by atoms with van der Waals surface area (Å²) < 4.78 is 6.24. The van der Waals surface area contributed by atoms with Gasteiger partial charge in [0.25, 0.3) is 5.91 Å². The Bertz CT molecular complexity index is 1160. The molecular weight excluding hydrogens is 468 g/mol. The summed E-state index contributed by atoms with van der Waals surface area (Å²) in [4.78, 5) is 19.8. The van der Waals surface area contributed by atoms with Gasteiger partial charge in [-0.1, -0.05) is 38.8 Å². The molecule has 3 heterocycles. The molecular formula is C29H38N4O4. The van der Waals surface area contributed by atoms with Crippen molar-refractivity contribution in [3.05, 3.63) is 53.1 Å². The Kier molecular flexibility index (Phi) is 8.48. The van der Waals surface area contributed by atoms with Gasteiger partial charge in [0.1, 0.15) is 6.07 Å². The number of carbonyl (C=O) groups excluding carboxylic acids is 1. The maximum atomic E-state index is 13.0. The number of aliphatic hydroxyl groups excluding tert-OH is 2. The Labute approximate surface area is 218 Å². The number of aliphatic hydroxyl groups is 2. The minimum atomic E-state index is -0.612. The molecule has 2 saturated heterocycles. The van der Waals surface area contributed by atoms with Crippen LogP contribution in [0.25, 0.3) is 5.57 Å². The molecule has 37 heavy (non-hydrogen) atoms. The van der Waals surface area contributed by atoms with Crippen LogP contribution < -0.4 is 5.32 Å². The van der Waals surface area contributed by atoms with Crippen LogP contribution in [0.4, 0.5) is 5.69 Å². The zero-order valence-corrected chi connectivity index (χ0v) is 21.8. The highest BCUT2D eigenvalue weighted by Gasteiger charge is 2.54. The van der Waals surface area contributed by atoms with E-state index in [1.165, 1.54) is 11.8 Å². The molecule has 1 amide bonds. The SMILES string of the molecule is CCC/C=C(\CCCC)c1cc([C@H]2C[C@]3(CO)CC[C@](CO)(C2)O3)ccc1NC(=O)c1nc(C#N)c[nH]1. The van der Waals surface area contributed by atoms with E-state index < -0.39 is 17.1 Å². The highest BCUT2D eigenvalue weighted by atomic mass is 16.6. The number of allylic oxidation sites excluding steroid dienone is 2. The van der Waals surface area contributed by atoms with Crippen molar-refractivity contribution < 1.29 is 19.7 Å². The molecule has 1 aromatic heterocycles. The zero-order chi connectivity index (χ0) is 26.5. The minimum Gasteiger partial charge on any atom is -0.393 e. The van der Waals surface area contributed by atoms with Crippen molar-refractivity contribution in [3.63, 3.8) is 0 Å². The van der Waals surface area contributed by atoms with Crippen LogP contribution in [0.2, 0.25) is 0 Å². The Morgan fingerprint density at radius 3 is 2.57 bits per heavy atom. The maximum absolute atomic E-state index is 13.0. The molecule has 0 radical (unpaired) electrons. The second-order valence-corrected chi connectivity index (χ2v) is 10.5. The van der Waals surface area contributed by atoms with Crippen LogP contribution in [-0.4, -0.2) is 50.5 Å². The van der Waals surface area contributed by atoms with Gasteiger partial charge in [-0.2, -0.15) is 5.26 Å². The number of nitrogens with zero attached hydrogens (tertiary/aromatic N) is 2. The summed E-state index contributed by atoms with van der Waals surface area (Å²) in [5.74, 6) is -0.181. The third-order valence-corrected chi connectivity index (χ3v) is 7.78. The number of imidazole rings is 1. The van der Waals surface area contributed by atoms with E-state index >= 15 is 0 Å². The second kappa shape index (κ2) is 11.6. The molecule has 2 bridgehead atoms. The van der Waals surface area contributed by atoms with Gasteiger partial charge in [0.2, 0.25) is 0 Å². The number of fused-ring (bicyclic) bond motifs is 2. The summed E-state index contributed by atoms with van der Waals surface area (Å²) >= 11 is 0. The molecule has 0 saturated carbocycles. The number of carbonyl (C=O) groups is 1. The first-order valence-electron chi connectivity index (χ1n) is 13.4. The monoisotopic (exact) mass is 506 g/mol. The molecule has 198 valence electrons. The third-order valence-electron chi connectivity index (χ3n) is 7.78. The van der Waals surface area contributed by atoms with Gasteiger partial charge in [-0.15, -0.1) is 0 Å². The van der Waals surface area contributed by atoms with Crippen LogP contribution in [0.3, 0.4) is 0 Å². The van der Waals surface area contributed by atoms with E-state index in [0.717, 1.165) is 56.1 Å². The van der Waals surface area contributed by atoms with E-state index in [-0.39, 0.29) is 30.7 Å². The maximum Gasteiger partial charge on any atom is 0.291 e. The summed E-state index contributed by atoms with van der Waals surface area (Å²) in [6, 6.07) is 8.08. The standard InChI is InChI=1S/C29H38N4O4/c1-3-5-7-20(8-6-4-2)24-13-21(22-14-28(18-34)11-12-29(15-22,19-35)37-28)9-10-25(24)33-27(36)26-31-17-23(16-30)32-26/h7,9-10,13,17,22,34-35H,3-6,8,11-12,14-15,18-19H2,1-2H3,(H,31,32)(H,33,36)/b20-7+/t22-,28-,29+. The normalized spacial score (nSPS) is 25.2. The van der Waals surface area contributed by atoms with Crippen molar-refractivity contribution in [2.75, 3.05) is 18.5 Å². The molecule has 3 atom stereocenters. The fourth-order valence-corrected chi connectivity index (χ4v) is 5.76. The van der Waals surface area contributed by atoms with Crippen LogP contribution in [0.1, 0.15) is 105 Å². The fraction of sp³-hybridized carbons (Fsp3) is 0.552. The molecule has 0 aliphatic carbocycles. The van der Waals surface area contributed by atoms with Gasteiger partial charge in [0.05, 0.1) is 24.4 Å². The largest absolute Gasteiger partial charge is 0.393 e. The van der Waals surface area contributed by atoms with Crippen LogP contribution in [0, 0.1) is 11.3 Å². The van der Waals surface area contributed by atoms with Crippen molar-refractivity contribution in [1.29, 1.82) is 5.26 Å². The number of benzene rings is 1. The topological polar surface area (TPSA) is 131 Å². The lowest BCUT2D eigenvalue weighted by Crippen LogP contribution is -2.47. The first-order chi connectivity index (χ1) is 17.9. The van der Waals surface area contributed by atoms with Crippen LogP contribution in [-0.2, 0) is 4.74 Å². The molecule has 2 aliphatic rings. The lowest BCUT2D eigenvalue weighted by Gasteiger charge is -2.43. The molecule has 0 unspecified atom stereocenters. The lowest BCUT2D eigenvalue weighted by molar-refractivity contribution is -0.177. The first kappa shape index (κ1) is 27.1. The molecule has 2 aliphatic heterocycles. The number of aromatic amines is 1. The first-order valence-corrected chi connectivity index (χ1v) is 13.4. The van der Waals surface area contributed by atoms with Gasteiger partial charge in [-0.05, 0) is 74.1 Å². The number of H-pyrrole nitrogens is 1. The Morgan fingerprint density at radius 2 is 1.97 bits per heavy atom. The number of unbranched alkanes of at least 4 members (excludes halogenated alkanes) is 2. The molecule has 2 fully saturated rings. The average molecular weight is 507 g/mol. The summed E-state index contributed by atoms with van der Waals surface area (Å²) in [6.07, 6.45) is 11.5. The second-order valence-electron chi connectivity index (χ2n) is 10.5. The van der Waals surface area contributed by atoms with Crippen molar-refractivity contribution in [2.24, 2.45) is 0 Å². The quantitative estimate of drug-likeness (QED) is 0.337. The summed E-state index contributed by atoms with van der Waals surface area (Å²) in [6.45, 7) is 4.20. The summed E-state index contributed by atoms with van der Waals surface area (Å²) in [7, 11) is 0. The Balaban J connectivity index is 1.71. The van der Waals surface area contributed by atoms with E-state index in [1.54, 1.807) is 0 Å². The highest BCUT2D eigenvalue weighted by molar-refractivity contribution is 6.03. The van der Waals surface area contributed by atoms with Gasteiger partial charge in [0.15, 0.2) is 11.5 Å². The van der Waals surface area contributed by atoms with Gasteiger partial charge in [-0.3, -0.25) is 4.79 Å². The number of aromatic nitrogens is 2. The number of nitrogens with one attached hydrogen (secondary N) is 2. The number of ether oxygens (including phenoxy) is 1. The zero-order valence-electron chi connectivity index (χ0n) is 21.8. The van der Waals surface area contributed by atoms with Gasteiger partial charge < -0.3 is 25.3 Å². The summed E-state index contributed by atoms with van der Waals surface area (Å²) in [5, 5.41) is 32.4. The number of rotatable bonds is 11. The van der Waals surface area contributed by atoms with Crippen LogP contribution in [0.15, 0.2) is 30.5 Å². The van der Waals surface area contributed by atoms with Gasteiger partial charge >= 0.3 is 0 Å². The Hall–Kier alpha value is -2.99. The highest BCUT2D eigenvalue weighted by Crippen LogP contribution is 2.53. The number of amides is 1. The van der Waals surface area contributed by atoms with Gasteiger partial charge in [0, 0.05) is 17.4 Å². The van der Waals surface area contributed by atoms with Crippen molar-refractivity contribution >= 4 is 17.2 Å². The fourth-order valence-electron chi connectivity index (χ4n) is 5.76. The molecule has 0 spiro atoms. The smallest absolute Gasteiger partial charge is 0.291 e. The summed E-state index contributed by atoms with van der Waals surface area (Å²) in [5.41, 5.74) is 2.94. The predicted molar refractivity (Wildman–Crippen MR) is 142 cm³/mol. The molecule has 1 aromatic carbocycles. The number of hydrogen-bond acceptors (Lipinski definition) is 6. The van der Waals surface area contributed by atoms with E-state index in [2.05, 4.69) is 41.3 Å². The number of hydrogen-bond donors (Lipinski definition) is 4. The molecule has 4 N–H and O–H groups in total. The minimum absolute atomic E-state index is 0.0573. The molecule has 8 heteroatoms. The van der Waals surface area contributed by atoms with Gasteiger partial charge in [-0.25, -0.2) is 4.98 Å². The van der Waals surface area contributed by atoms with E-state index in [4.69, 9.17) is 10.00 Å². The van der Waals surface area contributed by atoms with E-state index in [1.807, 2.05) is 18.2 Å². The van der Waals surface area contributed by atoms with Crippen LogP contribution >= 0.6 is 0 Å². The van der Waals surface area contributed by atoms with E-state index in [9.17, 15) is 15.0 Å². The average Bonchev–Trinajstić information content (AvgIpc) is 3.52. The molecule has 2 aromatic rings.